The van der Waals surface area contributed by atoms with Crippen molar-refractivity contribution in [1.82, 2.24) is 4.90 Å². The van der Waals surface area contributed by atoms with Gasteiger partial charge >= 0.3 is 5.88 Å². The van der Waals surface area contributed by atoms with Crippen molar-refractivity contribution in [3.05, 3.63) is 49.9 Å². The second-order valence-electron chi connectivity index (χ2n) is 4.87. The Labute approximate surface area is 125 Å². The molecule has 0 bridgehead atoms. The fourth-order valence-electron chi connectivity index (χ4n) is 2.76. The van der Waals surface area contributed by atoms with Crippen LogP contribution in [-0.2, 0) is 6.42 Å². The van der Waals surface area contributed by atoms with E-state index in [0.717, 1.165) is 12.8 Å². The fraction of sp³-hybridized carbons (Fsp3) is 0.357. The number of furan rings is 1. The highest BCUT2D eigenvalue weighted by Gasteiger charge is 2.32. The van der Waals surface area contributed by atoms with Gasteiger partial charge in [-0.2, -0.15) is 0 Å². The molecule has 21 heavy (non-hydrogen) atoms. The lowest BCUT2D eigenvalue weighted by atomic mass is 9.97. The second-order valence-corrected chi connectivity index (χ2v) is 5.87. The lowest BCUT2D eigenvalue weighted by Gasteiger charge is -2.34. The smallest absolute Gasteiger partial charge is 0.395 e. The largest absolute Gasteiger partial charge is 0.433 e. The van der Waals surface area contributed by atoms with Crippen LogP contribution in [-0.4, -0.2) is 22.3 Å². The summed E-state index contributed by atoms with van der Waals surface area (Å²) < 4.78 is 5.03. The van der Waals surface area contributed by atoms with Gasteiger partial charge in [-0.3, -0.25) is 14.9 Å². The van der Waals surface area contributed by atoms with Crippen molar-refractivity contribution in [2.45, 2.75) is 25.8 Å². The Balaban J connectivity index is 1.89. The van der Waals surface area contributed by atoms with E-state index in [2.05, 4.69) is 6.07 Å². The first-order valence-electron chi connectivity index (χ1n) is 6.73. The van der Waals surface area contributed by atoms with Gasteiger partial charge in [0.25, 0.3) is 5.91 Å². The van der Waals surface area contributed by atoms with Gasteiger partial charge in [0.15, 0.2) is 5.76 Å². The van der Waals surface area contributed by atoms with Crippen LogP contribution in [0.3, 0.4) is 0 Å². The molecular formula is C14H14N2O4S. The van der Waals surface area contributed by atoms with Gasteiger partial charge < -0.3 is 9.32 Å². The number of amides is 1. The fourth-order valence-corrected chi connectivity index (χ4v) is 3.69. The topological polar surface area (TPSA) is 76.6 Å². The van der Waals surface area contributed by atoms with Crippen LogP contribution >= 0.6 is 11.3 Å². The van der Waals surface area contributed by atoms with Crippen LogP contribution in [0.15, 0.2) is 28.0 Å². The summed E-state index contributed by atoms with van der Waals surface area (Å²) in [6.45, 7) is 2.64. The van der Waals surface area contributed by atoms with Crippen LogP contribution in [0.25, 0.3) is 0 Å². The molecule has 2 aromatic heterocycles. The highest BCUT2D eigenvalue weighted by molar-refractivity contribution is 7.10. The predicted molar refractivity (Wildman–Crippen MR) is 77.5 cm³/mol. The molecule has 1 atom stereocenters. The molecule has 3 rings (SSSR count). The summed E-state index contributed by atoms with van der Waals surface area (Å²) in [6.07, 6.45) is 1.62. The lowest BCUT2D eigenvalue weighted by Crippen LogP contribution is -2.39. The standard InChI is InChI=1S/C14H14N2O4S/c1-2-10-9-6-8-21-12(9)5-7-15(10)14(17)11-3-4-13(20-11)16(18)19/h3-4,6,8,10H,2,5,7H2,1H3. The van der Waals surface area contributed by atoms with E-state index in [4.69, 9.17) is 4.42 Å². The van der Waals surface area contributed by atoms with Crippen molar-refractivity contribution in [2.75, 3.05) is 6.54 Å². The first kappa shape index (κ1) is 13.8. The zero-order chi connectivity index (χ0) is 15.0. The van der Waals surface area contributed by atoms with Crippen molar-refractivity contribution in [1.29, 1.82) is 0 Å². The Morgan fingerprint density at radius 2 is 2.33 bits per heavy atom. The molecule has 0 saturated heterocycles. The van der Waals surface area contributed by atoms with Crippen molar-refractivity contribution >= 4 is 23.1 Å². The minimum Gasteiger partial charge on any atom is -0.395 e. The first-order valence-corrected chi connectivity index (χ1v) is 7.61. The van der Waals surface area contributed by atoms with Crippen LogP contribution in [0.5, 0.6) is 0 Å². The SMILES string of the molecule is CCC1c2ccsc2CCN1C(=O)c1ccc([N+](=O)[O-])o1. The number of carbonyl (C=O) groups is 1. The summed E-state index contributed by atoms with van der Waals surface area (Å²) in [6, 6.07) is 4.65. The molecule has 0 spiro atoms. The number of fused-ring (bicyclic) bond motifs is 1. The van der Waals surface area contributed by atoms with Gasteiger partial charge in [-0.1, -0.05) is 6.92 Å². The van der Waals surface area contributed by atoms with E-state index >= 15 is 0 Å². The quantitative estimate of drug-likeness (QED) is 0.643. The van der Waals surface area contributed by atoms with E-state index in [1.54, 1.807) is 16.2 Å². The molecule has 7 heteroatoms. The summed E-state index contributed by atoms with van der Waals surface area (Å²) in [4.78, 5) is 25.6. The molecule has 0 fully saturated rings. The van der Waals surface area contributed by atoms with Gasteiger partial charge in [-0.15, -0.1) is 11.3 Å². The number of nitrogens with zero attached hydrogens (tertiary/aromatic N) is 2. The average Bonchev–Trinajstić information content (AvgIpc) is 3.13. The van der Waals surface area contributed by atoms with E-state index in [9.17, 15) is 14.9 Å². The number of hydrogen-bond acceptors (Lipinski definition) is 5. The molecule has 0 N–H and O–H groups in total. The summed E-state index contributed by atoms with van der Waals surface area (Å²) in [5.41, 5.74) is 1.18. The minimum absolute atomic E-state index is 0.0108. The van der Waals surface area contributed by atoms with Crippen molar-refractivity contribution in [3.8, 4) is 0 Å². The predicted octanol–water partition coefficient (Wildman–Crippen LogP) is 3.40. The summed E-state index contributed by atoms with van der Waals surface area (Å²) in [7, 11) is 0. The van der Waals surface area contributed by atoms with Gasteiger partial charge in [-0.05, 0) is 35.9 Å². The van der Waals surface area contributed by atoms with Gasteiger partial charge in [-0.25, -0.2) is 0 Å². The average molecular weight is 306 g/mol. The molecule has 110 valence electrons. The zero-order valence-corrected chi connectivity index (χ0v) is 12.3. The van der Waals surface area contributed by atoms with Crippen LogP contribution in [0.2, 0.25) is 0 Å². The Kier molecular flexibility index (Phi) is 3.50. The number of thiophene rings is 1. The molecule has 0 aliphatic carbocycles. The van der Waals surface area contributed by atoms with Crippen LogP contribution in [0.4, 0.5) is 5.88 Å². The molecule has 1 amide bonds. The molecule has 1 aliphatic rings. The molecule has 0 aromatic carbocycles. The molecule has 1 unspecified atom stereocenters. The highest BCUT2D eigenvalue weighted by Crippen LogP contribution is 2.36. The summed E-state index contributed by atoms with van der Waals surface area (Å²) in [5, 5.41) is 12.7. The molecule has 6 nitrogen and oxygen atoms in total. The van der Waals surface area contributed by atoms with Gasteiger partial charge in [0.2, 0.25) is 0 Å². The Morgan fingerprint density at radius 3 is 3.00 bits per heavy atom. The maximum absolute atomic E-state index is 12.5. The maximum atomic E-state index is 12.5. The molecule has 2 aromatic rings. The summed E-state index contributed by atoms with van der Waals surface area (Å²) >= 11 is 1.71. The minimum atomic E-state index is -0.638. The number of hydrogen-bond donors (Lipinski definition) is 0. The van der Waals surface area contributed by atoms with Gasteiger partial charge in [0, 0.05) is 11.4 Å². The molecule has 1 aliphatic heterocycles. The monoisotopic (exact) mass is 306 g/mol. The van der Waals surface area contributed by atoms with Crippen molar-refractivity contribution in [2.24, 2.45) is 0 Å². The van der Waals surface area contributed by atoms with E-state index in [1.807, 2.05) is 12.3 Å². The zero-order valence-electron chi connectivity index (χ0n) is 11.4. The normalized spacial score (nSPS) is 17.6. The third-order valence-corrected chi connectivity index (χ3v) is 4.72. The molecule has 3 heterocycles. The molecular weight excluding hydrogens is 292 g/mol. The Hall–Kier alpha value is -2.15. The lowest BCUT2D eigenvalue weighted by molar-refractivity contribution is -0.402. The highest BCUT2D eigenvalue weighted by atomic mass is 32.1. The molecule has 0 saturated carbocycles. The second kappa shape index (κ2) is 5.33. The van der Waals surface area contributed by atoms with Gasteiger partial charge in [0.05, 0.1) is 12.1 Å². The maximum Gasteiger partial charge on any atom is 0.433 e. The molecule has 0 radical (unpaired) electrons. The first-order chi connectivity index (χ1) is 10.1. The van der Waals surface area contributed by atoms with E-state index in [1.165, 1.54) is 22.6 Å². The third kappa shape index (κ3) is 2.33. The Morgan fingerprint density at radius 1 is 1.52 bits per heavy atom. The van der Waals surface area contributed by atoms with E-state index in [0.29, 0.717) is 6.54 Å². The Bertz CT molecular complexity index is 691. The van der Waals surface area contributed by atoms with E-state index in [-0.39, 0.29) is 17.7 Å². The number of rotatable bonds is 3. The van der Waals surface area contributed by atoms with Crippen LogP contribution in [0.1, 0.15) is 40.4 Å². The van der Waals surface area contributed by atoms with Crippen LogP contribution < -0.4 is 0 Å². The third-order valence-electron chi connectivity index (χ3n) is 3.72. The van der Waals surface area contributed by atoms with E-state index < -0.39 is 10.8 Å². The van der Waals surface area contributed by atoms with Crippen molar-refractivity contribution in [3.63, 3.8) is 0 Å². The van der Waals surface area contributed by atoms with Crippen molar-refractivity contribution < 1.29 is 14.1 Å². The number of nitro groups is 1. The van der Waals surface area contributed by atoms with Crippen LogP contribution in [0, 0.1) is 10.1 Å². The van der Waals surface area contributed by atoms with Gasteiger partial charge in [0.1, 0.15) is 4.92 Å². The number of carbonyl (C=O) groups excluding carboxylic acids is 1. The summed E-state index contributed by atoms with van der Waals surface area (Å²) in [5.74, 6) is -0.662.